The number of aliphatic hydroxyl groups excluding tert-OH is 1. The summed E-state index contributed by atoms with van der Waals surface area (Å²) in [7, 11) is 1.57. The molecule has 0 radical (unpaired) electrons. The van der Waals surface area contributed by atoms with Gasteiger partial charge >= 0.3 is 0 Å². The topological polar surface area (TPSA) is 29.5 Å². The average molecular weight is 194 g/mol. The van der Waals surface area contributed by atoms with E-state index in [0.29, 0.717) is 5.76 Å². The van der Waals surface area contributed by atoms with Crippen LogP contribution >= 0.6 is 0 Å². The van der Waals surface area contributed by atoms with E-state index in [0.717, 1.165) is 18.4 Å². The molecular weight excluding hydrogens is 176 g/mol. The highest BCUT2D eigenvalue weighted by Gasteiger charge is 1.91. The predicted molar refractivity (Wildman–Crippen MR) is 59.9 cm³/mol. The summed E-state index contributed by atoms with van der Waals surface area (Å²) in [6.45, 7) is 7.35. The van der Waals surface area contributed by atoms with Crippen molar-refractivity contribution >= 4 is 0 Å². The molecule has 0 aliphatic carbocycles. The van der Waals surface area contributed by atoms with Crippen LogP contribution in [0, 0.1) is 0 Å². The second-order valence-corrected chi connectivity index (χ2v) is 2.84. The molecule has 0 saturated carbocycles. The fourth-order valence-electron chi connectivity index (χ4n) is 0.862. The van der Waals surface area contributed by atoms with Crippen molar-refractivity contribution in [3.05, 3.63) is 48.8 Å². The molecule has 0 saturated heterocycles. The molecule has 78 valence electrons. The summed E-state index contributed by atoms with van der Waals surface area (Å²) < 4.78 is 4.86. The van der Waals surface area contributed by atoms with Crippen LogP contribution < -0.4 is 0 Å². The Morgan fingerprint density at radius 2 is 2.21 bits per heavy atom. The van der Waals surface area contributed by atoms with Crippen LogP contribution in [-0.2, 0) is 4.74 Å². The van der Waals surface area contributed by atoms with Crippen molar-refractivity contribution < 1.29 is 9.84 Å². The Labute approximate surface area is 85.9 Å². The minimum Gasteiger partial charge on any atom is -0.497 e. The smallest absolute Gasteiger partial charge is 0.111 e. The summed E-state index contributed by atoms with van der Waals surface area (Å²) in [6.07, 6.45) is 8.99. The van der Waals surface area contributed by atoms with Crippen molar-refractivity contribution in [3.63, 3.8) is 0 Å². The Morgan fingerprint density at radius 1 is 1.50 bits per heavy atom. The van der Waals surface area contributed by atoms with Gasteiger partial charge in [-0.25, -0.2) is 0 Å². The molecule has 0 fully saturated rings. The van der Waals surface area contributed by atoms with Gasteiger partial charge in [-0.3, -0.25) is 0 Å². The van der Waals surface area contributed by atoms with Crippen molar-refractivity contribution in [2.24, 2.45) is 0 Å². The van der Waals surface area contributed by atoms with E-state index in [9.17, 15) is 0 Å². The van der Waals surface area contributed by atoms with Gasteiger partial charge in [-0.15, -0.1) is 6.58 Å². The van der Waals surface area contributed by atoms with Crippen LogP contribution in [0.3, 0.4) is 0 Å². The summed E-state index contributed by atoms with van der Waals surface area (Å²) in [5.41, 5.74) is 0.977. The highest BCUT2D eigenvalue weighted by Crippen LogP contribution is 2.05. The molecule has 0 aromatic carbocycles. The maximum atomic E-state index is 8.98. The van der Waals surface area contributed by atoms with Gasteiger partial charge in [0.05, 0.1) is 13.7 Å². The zero-order valence-electron chi connectivity index (χ0n) is 8.70. The van der Waals surface area contributed by atoms with E-state index < -0.39 is 0 Å². The molecule has 1 N–H and O–H groups in total. The third-order valence-electron chi connectivity index (χ3n) is 1.75. The number of methoxy groups -OCH3 is 1. The third kappa shape index (κ3) is 6.26. The van der Waals surface area contributed by atoms with Crippen LogP contribution in [0.25, 0.3) is 0 Å². The van der Waals surface area contributed by atoms with Gasteiger partial charge in [-0.2, -0.15) is 0 Å². The van der Waals surface area contributed by atoms with Crippen molar-refractivity contribution in [1.29, 1.82) is 0 Å². The Morgan fingerprint density at radius 3 is 2.71 bits per heavy atom. The quantitative estimate of drug-likeness (QED) is 0.383. The Hall–Kier alpha value is -1.28. The second-order valence-electron chi connectivity index (χ2n) is 2.84. The Bertz CT molecular complexity index is 237. The van der Waals surface area contributed by atoms with Gasteiger partial charge < -0.3 is 9.84 Å². The fourth-order valence-corrected chi connectivity index (χ4v) is 0.862. The van der Waals surface area contributed by atoms with Gasteiger partial charge in [0.2, 0.25) is 0 Å². The lowest BCUT2D eigenvalue weighted by Crippen LogP contribution is -1.89. The largest absolute Gasteiger partial charge is 0.497 e. The number of allylic oxidation sites excluding steroid dienone is 4. The van der Waals surface area contributed by atoms with Gasteiger partial charge in [0.1, 0.15) is 5.76 Å². The van der Waals surface area contributed by atoms with Crippen LogP contribution in [0.1, 0.15) is 12.8 Å². The lowest BCUT2D eigenvalue weighted by atomic mass is 10.1. The van der Waals surface area contributed by atoms with Crippen LogP contribution in [-0.4, -0.2) is 18.8 Å². The molecule has 0 heterocycles. The summed E-state index contributed by atoms with van der Waals surface area (Å²) in [5.74, 6) is 0.599. The second kappa shape index (κ2) is 8.32. The van der Waals surface area contributed by atoms with E-state index in [1.54, 1.807) is 13.2 Å². The molecule has 0 unspecified atom stereocenters. The fraction of sp³-hybridized carbons (Fsp3) is 0.333. The minimum atomic E-state index is 0.0810. The van der Waals surface area contributed by atoms with Gasteiger partial charge in [-0.1, -0.05) is 24.8 Å². The first-order valence-corrected chi connectivity index (χ1v) is 4.55. The number of aliphatic hydroxyl groups is 1. The lowest BCUT2D eigenvalue weighted by Gasteiger charge is -1.99. The molecule has 2 nitrogen and oxygen atoms in total. The predicted octanol–water partition coefficient (Wildman–Crippen LogP) is 2.59. The molecule has 0 aliphatic heterocycles. The van der Waals surface area contributed by atoms with Gasteiger partial charge in [0.15, 0.2) is 0 Å². The first-order valence-electron chi connectivity index (χ1n) is 4.55. The highest BCUT2D eigenvalue weighted by atomic mass is 16.5. The normalized spacial score (nSPS) is 11.7. The molecule has 0 spiro atoms. The van der Waals surface area contributed by atoms with Gasteiger partial charge in [-0.05, 0) is 24.5 Å². The Balaban J connectivity index is 4.09. The summed E-state index contributed by atoms with van der Waals surface area (Å²) >= 11 is 0. The molecule has 0 amide bonds. The lowest BCUT2D eigenvalue weighted by molar-refractivity contribution is 0.309. The summed E-state index contributed by atoms with van der Waals surface area (Å²) in [4.78, 5) is 0. The molecule has 0 rings (SSSR count). The van der Waals surface area contributed by atoms with Crippen molar-refractivity contribution in [1.82, 2.24) is 0 Å². The summed E-state index contributed by atoms with van der Waals surface area (Å²) in [6, 6.07) is 0. The SMILES string of the molecule is C=CCC/C(=C\C=C/C(=C)OC)CO. The van der Waals surface area contributed by atoms with Crippen LogP contribution in [0.15, 0.2) is 48.8 Å². The molecule has 2 heteroatoms. The minimum absolute atomic E-state index is 0.0810. The maximum Gasteiger partial charge on any atom is 0.111 e. The van der Waals surface area contributed by atoms with E-state index in [2.05, 4.69) is 13.2 Å². The molecule has 0 aliphatic rings. The van der Waals surface area contributed by atoms with Gasteiger partial charge in [0, 0.05) is 0 Å². The molecular formula is C12H18O2. The van der Waals surface area contributed by atoms with Crippen molar-refractivity contribution in [3.8, 4) is 0 Å². The molecule has 0 aromatic heterocycles. The first-order chi connectivity index (χ1) is 6.74. The average Bonchev–Trinajstić information content (AvgIpc) is 2.22. The van der Waals surface area contributed by atoms with E-state index in [1.165, 1.54) is 0 Å². The van der Waals surface area contributed by atoms with Crippen LogP contribution in [0.5, 0.6) is 0 Å². The monoisotopic (exact) mass is 194 g/mol. The van der Waals surface area contributed by atoms with E-state index in [4.69, 9.17) is 9.84 Å². The van der Waals surface area contributed by atoms with Crippen LogP contribution in [0.4, 0.5) is 0 Å². The number of hydrogen-bond donors (Lipinski definition) is 1. The van der Waals surface area contributed by atoms with Gasteiger partial charge in [0.25, 0.3) is 0 Å². The number of rotatable bonds is 7. The van der Waals surface area contributed by atoms with Crippen molar-refractivity contribution in [2.75, 3.05) is 13.7 Å². The highest BCUT2D eigenvalue weighted by molar-refractivity contribution is 5.19. The molecule has 14 heavy (non-hydrogen) atoms. The number of ether oxygens (including phenoxy) is 1. The standard InChI is InChI=1S/C12H18O2/c1-4-5-8-12(10-13)9-6-7-11(2)14-3/h4,6-7,9,13H,1-2,5,8,10H2,3H3/b7-6-,12-9+. The number of hydrogen-bond acceptors (Lipinski definition) is 2. The zero-order valence-corrected chi connectivity index (χ0v) is 8.70. The molecule has 0 aromatic rings. The Kier molecular flexibility index (Phi) is 7.56. The maximum absolute atomic E-state index is 8.98. The van der Waals surface area contributed by atoms with E-state index in [1.807, 2.05) is 18.2 Å². The van der Waals surface area contributed by atoms with E-state index >= 15 is 0 Å². The molecule has 0 bridgehead atoms. The molecule has 0 atom stereocenters. The van der Waals surface area contributed by atoms with Crippen LogP contribution in [0.2, 0.25) is 0 Å². The summed E-state index contributed by atoms with van der Waals surface area (Å²) in [5, 5.41) is 8.98. The zero-order chi connectivity index (χ0) is 10.8. The van der Waals surface area contributed by atoms with Crippen molar-refractivity contribution in [2.45, 2.75) is 12.8 Å². The first kappa shape index (κ1) is 12.7. The third-order valence-corrected chi connectivity index (χ3v) is 1.75. The van der Waals surface area contributed by atoms with E-state index in [-0.39, 0.29) is 6.61 Å².